The van der Waals surface area contributed by atoms with Crippen LogP contribution in [0.15, 0.2) is 43.1 Å². The molecule has 6 nitrogen and oxygen atoms in total. The second-order valence-electron chi connectivity index (χ2n) is 3.71. The highest BCUT2D eigenvalue weighted by molar-refractivity contribution is 5.94. The molecular weight excluding hydrogens is 232 g/mol. The maximum Gasteiger partial charge on any atom is 0.341 e. The number of carboxylic acid groups (broad SMARTS) is 1. The van der Waals surface area contributed by atoms with E-state index in [2.05, 4.69) is 15.1 Å². The van der Waals surface area contributed by atoms with E-state index < -0.39 is 5.97 Å². The number of rotatable bonds is 2. The van der Waals surface area contributed by atoms with E-state index in [9.17, 15) is 4.79 Å². The van der Waals surface area contributed by atoms with Gasteiger partial charge in [0.2, 0.25) is 0 Å². The third-order valence-electron chi connectivity index (χ3n) is 2.60. The van der Waals surface area contributed by atoms with Crippen molar-refractivity contribution in [1.82, 2.24) is 19.6 Å². The van der Waals surface area contributed by atoms with Gasteiger partial charge in [0.25, 0.3) is 0 Å². The molecule has 3 heterocycles. The molecular formula is C12H8N4O2. The Morgan fingerprint density at radius 2 is 1.94 bits per heavy atom. The molecule has 0 aliphatic carbocycles. The Bertz CT molecular complexity index is 721. The van der Waals surface area contributed by atoms with E-state index in [1.807, 2.05) is 12.1 Å². The predicted octanol–water partition coefficient (Wildman–Crippen LogP) is 1.49. The Morgan fingerprint density at radius 3 is 2.67 bits per heavy atom. The van der Waals surface area contributed by atoms with Crippen molar-refractivity contribution >= 4 is 11.6 Å². The maximum absolute atomic E-state index is 10.9. The molecule has 0 amide bonds. The van der Waals surface area contributed by atoms with E-state index >= 15 is 0 Å². The average molecular weight is 240 g/mol. The van der Waals surface area contributed by atoms with Crippen LogP contribution in [0.1, 0.15) is 10.4 Å². The van der Waals surface area contributed by atoms with Crippen LogP contribution in [0.5, 0.6) is 0 Å². The number of pyridine rings is 1. The van der Waals surface area contributed by atoms with Gasteiger partial charge in [0, 0.05) is 30.4 Å². The molecule has 18 heavy (non-hydrogen) atoms. The fourth-order valence-corrected chi connectivity index (χ4v) is 1.72. The van der Waals surface area contributed by atoms with Gasteiger partial charge in [-0.3, -0.25) is 4.98 Å². The van der Waals surface area contributed by atoms with E-state index in [1.54, 1.807) is 24.8 Å². The smallest absolute Gasteiger partial charge is 0.341 e. The van der Waals surface area contributed by atoms with Crippen LogP contribution in [-0.4, -0.2) is 30.7 Å². The first-order valence-corrected chi connectivity index (χ1v) is 5.23. The highest BCUT2D eigenvalue weighted by Crippen LogP contribution is 2.18. The molecule has 0 fully saturated rings. The van der Waals surface area contributed by atoms with Crippen LogP contribution in [-0.2, 0) is 0 Å². The zero-order valence-electron chi connectivity index (χ0n) is 9.19. The highest BCUT2D eigenvalue weighted by atomic mass is 16.4. The van der Waals surface area contributed by atoms with Gasteiger partial charge >= 0.3 is 5.97 Å². The third-order valence-corrected chi connectivity index (χ3v) is 2.60. The second kappa shape index (κ2) is 3.92. The summed E-state index contributed by atoms with van der Waals surface area (Å²) < 4.78 is 1.46. The molecule has 3 aromatic heterocycles. The number of hydrogen-bond donors (Lipinski definition) is 1. The standard InChI is InChI=1S/C12H8N4O2/c17-12(18)10-6-15-16-7-9(5-14-11(10)16)8-1-3-13-4-2-8/h1-7H,(H,17,18). The molecule has 88 valence electrons. The average Bonchev–Trinajstić information content (AvgIpc) is 2.82. The highest BCUT2D eigenvalue weighted by Gasteiger charge is 2.12. The van der Waals surface area contributed by atoms with E-state index in [4.69, 9.17) is 5.11 Å². The van der Waals surface area contributed by atoms with Crippen molar-refractivity contribution in [1.29, 1.82) is 0 Å². The van der Waals surface area contributed by atoms with Crippen molar-refractivity contribution in [3.05, 3.63) is 48.7 Å². The van der Waals surface area contributed by atoms with Crippen molar-refractivity contribution in [3.8, 4) is 11.1 Å². The Labute approximate surface area is 102 Å². The first-order chi connectivity index (χ1) is 8.75. The normalized spacial score (nSPS) is 10.7. The molecule has 0 bridgehead atoms. The summed E-state index contributed by atoms with van der Waals surface area (Å²) in [5.41, 5.74) is 2.23. The van der Waals surface area contributed by atoms with E-state index in [0.29, 0.717) is 5.65 Å². The maximum atomic E-state index is 10.9. The molecule has 3 aromatic rings. The van der Waals surface area contributed by atoms with Crippen LogP contribution in [0.2, 0.25) is 0 Å². The molecule has 0 unspecified atom stereocenters. The molecule has 1 N–H and O–H groups in total. The van der Waals surface area contributed by atoms with Gasteiger partial charge < -0.3 is 5.11 Å². The summed E-state index contributed by atoms with van der Waals surface area (Å²) in [7, 11) is 0. The molecule has 6 heteroatoms. The molecule has 0 atom stereocenters. The lowest BCUT2D eigenvalue weighted by Crippen LogP contribution is -1.98. The summed E-state index contributed by atoms with van der Waals surface area (Å²) in [6.07, 6.45) is 8.03. The van der Waals surface area contributed by atoms with Crippen LogP contribution in [0.3, 0.4) is 0 Å². The van der Waals surface area contributed by atoms with Crippen molar-refractivity contribution < 1.29 is 9.90 Å². The molecule has 0 saturated carbocycles. The molecule has 0 saturated heterocycles. The summed E-state index contributed by atoms with van der Waals surface area (Å²) in [4.78, 5) is 19.0. The lowest BCUT2D eigenvalue weighted by atomic mass is 10.1. The number of aromatic carboxylic acids is 1. The molecule has 0 aliphatic rings. The first kappa shape index (κ1) is 10.4. The van der Waals surface area contributed by atoms with Crippen LogP contribution in [0.4, 0.5) is 0 Å². The second-order valence-corrected chi connectivity index (χ2v) is 3.71. The zero-order chi connectivity index (χ0) is 12.5. The fraction of sp³-hybridized carbons (Fsp3) is 0. The summed E-state index contributed by atoms with van der Waals surface area (Å²) >= 11 is 0. The minimum Gasteiger partial charge on any atom is -0.477 e. The molecule has 3 rings (SSSR count). The summed E-state index contributed by atoms with van der Waals surface area (Å²) in [5.74, 6) is -1.03. The van der Waals surface area contributed by atoms with Gasteiger partial charge in [0.05, 0.1) is 6.20 Å². The molecule has 0 radical (unpaired) electrons. The van der Waals surface area contributed by atoms with E-state index in [1.165, 1.54) is 10.7 Å². The number of fused-ring (bicyclic) bond motifs is 1. The topological polar surface area (TPSA) is 80.4 Å². The van der Waals surface area contributed by atoms with Crippen molar-refractivity contribution in [2.45, 2.75) is 0 Å². The van der Waals surface area contributed by atoms with Crippen LogP contribution < -0.4 is 0 Å². The quantitative estimate of drug-likeness (QED) is 0.734. The Balaban J connectivity index is 2.16. The predicted molar refractivity (Wildman–Crippen MR) is 63.2 cm³/mol. The van der Waals surface area contributed by atoms with Gasteiger partial charge in [0.15, 0.2) is 5.65 Å². The number of hydrogen-bond acceptors (Lipinski definition) is 4. The minimum atomic E-state index is -1.03. The molecule has 0 spiro atoms. The number of carbonyl (C=O) groups is 1. The monoisotopic (exact) mass is 240 g/mol. The van der Waals surface area contributed by atoms with Gasteiger partial charge in [0.1, 0.15) is 5.56 Å². The molecule has 0 aliphatic heterocycles. The SMILES string of the molecule is O=C(O)c1cnn2cc(-c3ccncc3)cnc12. The first-order valence-electron chi connectivity index (χ1n) is 5.23. The lowest BCUT2D eigenvalue weighted by Gasteiger charge is -2.01. The van der Waals surface area contributed by atoms with Crippen LogP contribution in [0, 0.1) is 0 Å². The van der Waals surface area contributed by atoms with Gasteiger partial charge in [-0.25, -0.2) is 14.3 Å². The van der Waals surface area contributed by atoms with Gasteiger partial charge in [-0.2, -0.15) is 5.10 Å². The van der Waals surface area contributed by atoms with Crippen LogP contribution >= 0.6 is 0 Å². The Kier molecular flexibility index (Phi) is 2.26. The Hall–Kier alpha value is -2.76. The van der Waals surface area contributed by atoms with Gasteiger partial charge in [-0.05, 0) is 17.7 Å². The Morgan fingerprint density at radius 1 is 1.17 bits per heavy atom. The summed E-state index contributed by atoms with van der Waals surface area (Å²) in [6, 6.07) is 3.70. The van der Waals surface area contributed by atoms with Crippen molar-refractivity contribution in [2.24, 2.45) is 0 Å². The summed E-state index contributed by atoms with van der Waals surface area (Å²) in [5, 5.41) is 12.9. The zero-order valence-corrected chi connectivity index (χ0v) is 9.19. The summed E-state index contributed by atoms with van der Waals surface area (Å²) in [6.45, 7) is 0. The number of nitrogens with zero attached hydrogens (tertiary/aromatic N) is 4. The third kappa shape index (κ3) is 1.60. The minimum absolute atomic E-state index is 0.0938. The van der Waals surface area contributed by atoms with Gasteiger partial charge in [-0.1, -0.05) is 0 Å². The fourth-order valence-electron chi connectivity index (χ4n) is 1.72. The number of aromatic nitrogens is 4. The van der Waals surface area contributed by atoms with Gasteiger partial charge in [-0.15, -0.1) is 0 Å². The van der Waals surface area contributed by atoms with E-state index in [-0.39, 0.29) is 5.56 Å². The number of carboxylic acids is 1. The van der Waals surface area contributed by atoms with E-state index in [0.717, 1.165) is 11.1 Å². The lowest BCUT2D eigenvalue weighted by molar-refractivity contribution is 0.0699. The largest absolute Gasteiger partial charge is 0.477 e. The van der Waals surface area contributed by atoms with Crippen LogP contribution in [0.25, 0.3) is 16.8 Å². The van der Waals surface area contributed by atoms with Crippen molar-refractivity contribution in [2.75, 3.05) is 0 Å². The molecule has 0 aromatic carbocycles. The van der Waals surface area contributed by atoms with Crippen molar-refractivity contribution in [3.63, 3.8) is 0 Å².